The minimum absolute atomic E-state index is 0.208. The van der Waals surface area contributed by atoms with Crippen LogP contribution in [-0.2, 0) is 0 Å². The molecule has 0 bridgehead atoms. The summed E-state index contributed by atoms with van der Waals surface area (Å²) in [7, 11) is 0. The third-order valence-electron chi connectivity index (χ3n) is 0.922. The molecule has 0 spiro atoms. The first-order chi connectivity index (χ1) is 5.72. The van der Waals surface area contributed by atoms with Crippen LogP contribution in [0, 0.1) is 0 Å². The van der Waals surface area contributed by atoms with Crippen LogP contribution in [0.2, 0.25) is 0 Å². The van der Waals surface area contributed by atoms with E-state index in [4.69, 9.17) is 4.74 Å². The van der Waals surface area contributed by atoms with Gasteiger partial charge in [0.1, 0.15) is 6.61 Å². The summed E-state index contributed by atoms with van der Waals surface area (Å²) in [6.07, 6.45) is 1.60. The van der Waals surface area contributed by atoms with Crippen molar-refractivity contribution in [3.63, 3.8) is 0 Å². The summed E-state index contributed by atoms with van der Waals surface area (Å²) < 4.78 is 5.04. The van der Waals surface area contributed by atoms with E-state index in [1.807, 2.05) is 0 Å². The van der Waals surface area contributed by atoms with E-state index in [0.29, 0.717) is 6.61 Å². The average molecular weight is 201 g/mol. The Hall–Kier alpha value is -0.750. The van der Waals surface area contributed by atoms with E-state index in [1.54, 1.807) is 6.08 Å². The summed E-state index contributed by atoms with van der Waals surface area (Å²) in [5, 5.41) is 0.572. The predicted octanol–water partition coefficient (Wildman–Crippen LogP) is 1.01. The van der Waals surface area contributed by atoms with E-state index in [-0.39, 0.29) is 16.3 Å². The minimum atomic E-state index is 0.208. The standard InChI is InChI=1S/C6H7N3OS2/c1-2-3-10-4-7-5(11)9-6(12)8-4/h2H,1,3H2,(H2,7,8,9,11,12). The first-order valence-corrected chi connectivity index (χ1v) is 3.99. The monoisotopic (exact) mass is 201 g/mol. The highest BCUT2D eigenvalue weighted by molar-refractivity contribution is 7.80. The van der Waals surface area contributed by atoms with Gasteiger partial charge in [0.05, 0.1) is 0 Å². The van der Waals surface area contributed by atoms with Crippen LogP contribution in [0.5, 0.6) is 6.01 Å². The highest BCUT2D eigenvalue weighted by Crippen LogP contribution is 2.08. The summed E-state index contributed by atoms with van der Waals surface area (Å²) >= 11 is 7.86. The average Bonchev–Trinajstić information content (AvgIpc) is 1.99. The SMILES string of the molecule is C=CCOc1nc(S)nc(S)n1. The molecular weight excluding hydrogens is 194 g/mol. The van der Waals surface area contributed by atoms with Gasteiger partial charge in [0.25, 0.3) is 0 Å². The first-order valence-electron chi connectivity index (χ1n) is 3.10. The first kappa shape index (κ1) is 9.34. The third kappa shape index (κ3) is 2.71. The summed E-state index contributed by atoms with van der Waals surface area (Å²) in [5.41, 5.74) is 0. The van der Waals surface area contributed by atoms with Crippen LogP contribution in [0.3, 0.4) is 0 Å². The van der Waals surface area contributed by atoms with Crippen molar-refractivity contribution >= 4 is 25.3 Å². The molecule has 4 nitrogen and oxygen atoms in total. The van der Waals surface area contributed by atoms with Crippen molar-refractivity contribution in [3.8, 4) is 6.01 Å². The Bertz CT molecular complexity index is 272. The van der Waals surface area contributed by atoms with Gasteiger partial charge in [-0.3, -0.25) is 0 Å². The van der Waals surface area contributed by atoms with Gasteiger partial charge >= 0.3 is 6.01 Å². The van der Waals surface area contributed by atoms with Gasteiger partial charge in [-0.2, -0.15) is 15.0 Å². The fourth-order valence-corrected chi connectivity index (χ4v) is 0.973. The number of ether oxygens (including phenoxy) is 1. The lowest BCUT2D eigenvalue weighted by Crippen LogP contribution is -2.00. The van der Waals surface area contributed by atoms with E-state index in [9.17, 15) is 0 Å². The topological polar surface area (TPSA) is 47.9 Å². The second-order valence-corrected chi connectivity index (χ2v) is 2.62. The molecule has 0 N–H and O–H groups in total. The zero-order valence-corrected chi connectivity index (χ0v) is 7.92. The molecule has 0 fully saturated rings. The zero-order valence-electron chi connectivity index (χ0n) is 6.14. The molecule has 0 saturated heterocycles. The lowest BCUT2D eigenvalue weighted by molar-refractivity contribution is 0.323. The summed E-state index contributed by atoms with van der Waals surface area (Å²) in [6.45, 7) is 3.84. The number of hydrogen-bond donors (Lipinski definition) is 2. The quantitative estimate of drug-likeness (QED) is 0.566. The molecule has 1 rings (SSSR count). The zero-order chi connectivity index (χ0) is 8.97. The Balaban J connectivity index is 2.78. The molecule has 1 aromatic rings. The number of thiol groups is 2. The van der Waals surface area contributed by atoms with Crippen LogP contribution in [0.1, 0.15) is 0 Å². The highest BCUT2D eigenvalue weighted by Gasteiger charge is 2.00. The van der Waals surface area contributed by atoms with Gasteiger partial charge < -0.3 is 4.74 Å². The molecule has 0 atom stereocenters. The van der Waals surface area contributed by atoms with Gasteiger partial charge in [0.2, 0.25) is 0 Å². The predicted molar refractivity (Wildman–Crippen MR) is 50.0 cm³/mol. The van der Waals surface area contributed by atoms with Crippen molar-refractivity contribution in [2.75, 3.05) is 6.61 Å². The molecule has 0 aliphatic heterocycles. The molecular formula is C6H7N3OS2. The van der Waals surface area contributed by atoms with E-state index in [1.165, 1.54) is 0 Å². The smallest absolute Gasteiger partial charge is 0.321 e. The molecule has 0 amide bonds. The van der Waals surface area contributed by atoms with E-state index in [0.717, 1.165) is 0 Å². The normalized spacial score (nSPS) is 9.50. The second-order valence-electron chi connectivity index (χ2n) is 1.82. The van der Waals surface area contributed by atoms with Crippen LogP contribution in [0.4, 0.5) is 0 Å². The van der Waals surface area contributed by atoms with Crippen molar-refractivity contribution < 1.29 is 4.74 Å². The number of hydrogen-bond acceptors (Lipinski definition) is 6. The Morgan fingerprint density at radius 1 is 1.25 bits per heavy atom. The largest absolute Gasteiger partial charge is 0.459 e. The molecule has 1 heterocycles. The molecule has 0 radical (unpaired) electrons. The Morgan fingerprint density at radius 3 is 2.33 bits per heavy atom. The lowest BCUT2D eigenvalue weighted by Gasteiger charge is -2.00. The second kappa shape index (κ2) is 4.32. The van der Waals surface area contributed by atoms with E-state index < -0.39 is 0 Å². The minimum Gasteiger partial charge on any atom is -0.459 e. The molecule has 1 aromatic heterocycles. The summed E-state index contributed by atoms with van der Waals surface area (Å²) in [6, 6.07) is 0.208. The maximum Gasteiger partial charge on any atom is 0.321 e. The third-order valence-corrected chi connectivity index (χ3v) is 1.32. The number of rotatable bonds is 3. The highest BCUT2D eigenvalue weighted by atomic mass is 32.1. The lowest BCUT2D eigenvalue weighted by atomic mass is 10.7. The Morgan fingerprint density at radius 2 is 1.83 bits per heavy atom. The van der Waals surface area contributed by atoms with Crippen molar-refractivity contribution in [2.45, 2.75) is 10.3 Å². The van der Waals surface area contributed by atoms with Gasteiger partial charge in [-0.25, -0.2) is 0 Å². The van der Waals surface area contributed by atoms with Crippen LogP contribution in [0.15, 0.2) is 23.0 Å². The maximum absolute atomic E-state index is 5.04. The van der Waals surface area contributed by atoms with Gasteiger partial charge in [-0.05, 0) is 0 Å². The van der Waals surface area contributed by atoms with Crippen LogP contribution < -0.4 is 4.74 Å². The van der Waals surface area contributed by atoms with Gasteiger partial charge in [0.15, 0.2) is 10.3 Å². The number of nitrogens with zero attached hydrogens (tertiary/aromatic N) is 3. The Kier molecular flexibility index (Phi) is 3.36. The maximum atomic E-state index is 5.04. The molecule has 0 aliphatic rings. The summed E-state index contributed by atoms with van der Waals surface area (Å²) in [4.78, 5) is 11.3. The van der Waals surface area contributed by atoms with Gasteiger partial charge in [-0.1, -0.05) is 12.7 Å². The molecule has 64 valence electrons. The van der Waals surface area contributed by atoms with Gasteiger partial charge in [0, 0.05) is 0 Å². The van der Waals surface area contributed by atoms with E-state index >= 15 is 0 Å². The molecule has 6 heteroatoms. The molecule has 12 heavy (non-hydrogen) atoms. The fourth-order valence-electron chi connectivity index (χ4n) is 0.534. The van der Waals surface area contributed by atoms with Gasteiger partial charge in [-0.15, -0.1) is 25.3 Å². The summed E-state index contributed by atoms with van der Waals surface area (Å²) in [5.74, 6) is 0. The molecule has 0 aliphatic carbocycles. The fraction of sp³-hybridized carbons (Fsp3) is 0.167. The van der Waals surface area contributed by atoms with Crippen molar-refractivity contribution in [1.29, 1.82) is 0 Å². The van der Waals surface area contributed by atoms with Crippen LogP contribution in [-0.4, -0.2) is 21.6 Å². The van der Waals surface area contributed by atoms with Crippen molar-refractivity contribution in [2.24, 2.45) is 0 Å². The van der Waals surface area contributed by atoms with Crippen molar-refractivity contribution in [1.82, 2.24) is 15.0 Å². The molecule has 0 saturated carbocycles. The Labute approximate surface area is 80.9 Å². The van der Waals surface area contributed by atoms with Crippen LogP contribution in [0.25, 0.3) is 0 Å². The molecule has 0 aromatic carbocycles. The molecule has 0 unspecified atom stereocenters. The number of aromatic nitrogens is 3. The van der Waals surface area contributed by atoms with Crippen molar-refractivity contribution in [3.05, 3.63) is 12.7 Å². The van der Waals surface area contributed by atoms with Crippen LogP contribution >= 0.6 is 25.3 Å². The van der Waals surface area contributed by atoms with E-state index in [2.05, 4.69) is 46.8 Å².